The average Bonchev–Trinajstić information content (AvgIpc) is 3.25. The van der Waals surface area contributed by atoms with E-state index < -0.39 is 11.9 Å². The van der Waals surface area contributed by atoms with Gasteiger partial charge in [-0.2, -0.15) is 0 Å². The summed E-state index contributed by atoms with van der Waals surface area (Å²) >= 11 is 0. The fourth-order valence-corrected chi connectivity index (χ4v) is 5.07. The lowest BCUT2D eigenvalue weighted by Gasteiger charge is -2.26. The second-order valence-corrected chi connectivity index (χ2v) is 9.19. The van der Waals surface area contributed by atoms with Gasteiger partial charge in [-0.25, -0.2) is 0 Å². The molecule has 0 saturated carbocycles. The molecule has 0 radical (unpaired) electrons. The summed E-state index contributed by atoms with van der Waals surface area (Å²) in [5.41, 5.74) is 2.49. The SMILES string of the molecule is COc1ccc(C=C2Oc3c(ccc4c3C(c3cc5ccc(OC)cc5n(C)c3=O)CC(=O)O4)C2=O)cc1. The summed E-state index contributed by atoms with van der Waals surface area (Å²) in [7, 11) is 4.83. The quantitative estimate of drug-likeness (QED) is 0.225. The number of aromatic nitrogens is 1. The fourth-order valence-electron chi connectivity index (χ4n) is 5.07. The van der Waals surface area contributed by atoms with E-state index in [0.29, 0.717) is 39.5 Å². The lowest BCUT2D eigenvalue weighted by molar-refractivity contribution is -0.135. The summed E-state index contributed by atoms with van der Waals surface area (Å²) in [6, 6.07) is 17.7. The number of hydrogen-bond donors (Lipinski definition) is 0. The fraction of sp³-hybridized carbons (Fsp3) is 0.167. The van der Waals surface area contributed by atoms with Gasteiger partial charge in [-0.15, -0.1) is 0 Å². The number of aryl methyl sites for hydroxylation is 1. The summed E-state index contributed by atoms with van der Waals surface area (Å²) < 4.78 is 23.7. The van der Waals surface area contributed by atoms with Crippen LogP contribution in [0.1, 0.15) is 39.4 Å². The van der Waals surface area contributed by atoms with Gasteiger partial charge in [-0.05, 0) is 59.5 Å². The van der Waals surface area contributed by atoms with Gasteiger partial charge >= 0.3 is 5.97 Å². The largest absolute Gasteiger partial charge is 0.497 e. The van der Waals surface area contributed by atoms with E-state index in [-0.39, 0.29) is 29.3 Å². The summed E-state index contributed by atoms with van der Waals surface area (Å²) in [6.45, 7) is 0. The van der Waals surface area contributed by atoms with E-state index in [2.05, 4.69) is 0 Å². The first-order valence-corrected chi connectivity index (χ1v) is 12.0. The molecule has 8 heteroatoms. The van der Waals surface area contributed by atoms with E-state index in [4.69, 9.17) is 18.9 Å². The van der Waals surface area contributed by atoms with Crippen LogP contribution in [0.15, 0.2) is 71.2 Å². The molecular formula is C30H23NO7. The van der Waals surface area contributed by atoms with E-state index in [1.54, 1.807) is 63.7 Å². The Hall–Kier alpha value is -4.85. The highest BCUT2D eigenvalue weighted by Crippen LogP contribution is 2.48. The zero-order valence-corrected chi connectivity index (χ0v) is 20.9. The maximum atomic E-state index is 13.6. The highest BCUT2D eigenvalue weighted by molar-refractivity contribution is 6.15. The van der Waals surface area contributed by atoms with E-state index in [0.717, 1.165) is 10.9 Å². The van der Waals surface area contributed by atoms with Crippen LogP contribution < -0.4 is 24.5 Å². The Balaban J connectivity index is 1.48. The lowest BCUT2D eigenvalue weighted by atomic mass is 9.84. The molecule has 0 fully saturated rings. The molecule has 2 aliphatic rings. The molecule has 6 rings (SSSR count). The molecule has 8 nitrogen and oxygen atoms in total. The van der Waals surface area contributed by atoms with Crippen molar-refractivity contribution < 1.29 is 28.5 Å². The van der Waals surface area contributed by atoms with Gasteiger partial charge in [0.1, 0.15) is 23.0 Å². The van der Waals surface area contributed by atoms with Gasteiger partial charge < -0.3 is 23.5 Å². The number of nitrogens with zero attached hydrogens (tertiary/aromatic N) is 1. The monoisotopic (exact) mass is 509 g/mol. The summed E-state index contributed by atoms with van der Waals surface area (Å²) in [6.07, 6.45) is 1.59. The zero-order valence-electron chi connectivity index (χ0n) is 20.9. The molecule has 190 valence electrons. The van der Waals surface area contributed by atoms with Crippen LogP contribution in [0.3, 0.4) is 0 Å². The van der Waals surface area contributed by atoms with Crippen LogP contribution in [0, 0.1) is 0 Å². The van der Waals surface area contributed by atoms with Gasteiger partial charge in [0.05, 0.1) is 31.7 Å². The Kier molecular flexibility index (Phi) is 5.52. The number of ether oxygens (including phenoxy) is 4. The van der Waals surface area contributed by atoms with E-state index in [9.17, 15) is 14.4 Å². The van der Waals surface area contributed by atoms with Crippen molar-refractivity contribution in [2.24, 2.45) is 7.05 Å². The Morgan fingerprint density at radius 2 is 1.63 bits per heavy atom. The predicted octanol–water partition coefficient (Wildman–Crippen LogP) is 4.61. The smallest absolute Gasteiger partial charge is 0.312 e. The first-order chi connectivity index (χ1) is 18.4. The van der Waals surface area contributed by atoms with Crippen LogP contribution in [-0.2, 0) is 11.8 Å². The second kappa shape index (κ2) is 8.92. The Morgan fingerprint density at radius 3 is 2.37 bits per heavy atom. The van der Waals surface area contributed by atoms with Gasteiger partial charge in [-0.1, -0.05) is 12.1 Å². The molecule has 0 spiro atoms. The van der Waals surface area contributed by atoms with Gasteiger partial charge in [-0.3, -0.25) is 14.4 Å². The number of ketones is 1. The van der Waals surface area contributed by atoms with Crippen molar-refractivity contribution in [3.8, 4) is 23.0 Å². The van der Waals surface area contributed by atoms with Crippen molar-refractivity contribution in [1.82, 2.24) is 4.57 Å². The van der Waals surface area contributed by atoms with Crippen LogP contribution >= 0.6 is 0 Å². The Labute approximate surface area is 217 Å². The molecule has 1 aromatic heterocycles. The van der Waals surface area contributed by atoms with Gasteiger partial charge in [0.2, 0.25) is 5.78 Å². The molecule has 1 unspecified atom stereocenters. The Bertz CT molecular complexity index is 1730. The number of benzene rings is 3. The lowest BCUT2D eigenvalue weighted by Crippen LogP contribution is -2.29. The third-order valence-corrected chi connectivity index (χ3v) is 7.03. The van der Waals surface area contributed by atoms with E-state index >= 15 is 0 Å². The molecule has 0 saturated heterocycles. The molecule has 0 aliphatic carbocycles. The minimum Gasteiger partial charge on any atom is -0.497 e. The number of esters is 1. The molecule has 0 N–H and O–H groups in total. The van der Waals surface area contributed by atoms with Crippen LogP contribution in [0.2, 0.25) is 0 Å². The molecule has 4 aromatic rings. The molecule has 38 heavy (non-hydrogen) atoms. The number of rotatable bonds is 4. The summed E-state index contributed by atoms with van der Waals surface area (Å²) in [4.78, 5) is 39.4. The van der Waals surface area contributed by atoms with Crippen molar-refractivity contribution in [1.29, 1.82) is 0 Å². The topological polar surface area (TPSA) is 93.1 Å². The normalized spacial score (nSPS) is 17.1. The second-order valence-electron chi connectivity index (χ2n) is 9.19. The molecule has 3 aromatic carbocycles. The first kappa shape index (κ1) is 23.5. The Morgan fingerprint density at radius 1 is 0.895 bits per heavy atom. The number of carbonyl (C=O) groups is 2. The molecule has 3 heterocycles. The highest BCUT2D eigenvalue weighted by atomic mass is 16.5. The third-order valence-electron chi connectivity index (χ3n) is 7.03. The molecule has 2 aliphatic heterocycles. The first-order valence-electron chi connectivity index (χ1n) is 12.0. The number of hydrogen-bond acceptors (Lipinski definition) is 7. The van der Waals surface area contributed by atoms with Crippen LogP contribution in [0.4, 0.5) is 0 Å². The van der Waals surface area contributed by atoms with Crippen LogP contribution in [0.5, 0.6) is 23.0 Å². The van der Waals surface area contributed by atoms with E-state index in [1.165, 1.54) is 4.57 Å². The highest BCUT2D eigenvalue weighted by Gasteiger charge is 2.39. The number of Topliss-reactive ketones (excluding diaryl/α,β-unsaturated/α-hetero) is 1. The van der Waals surface area contributed by atoms with Crippen LogP contribution in [0.25, 0.3) is 17.0 Å². The molecule has 0 bridgehead atoms. The maximum Gasteiger partial charge on any atom is 0.312 e. The predicted molar refractivity (Wildman–Crippen MR) is 140 cm³/mol. The number of methoxy groups -OCH3 is 2. The molecular weight excluding hydrogens is 486 g/mol. The standard InChI is InChI=1S/C30H23NO7/c1-31-23-14-19(36-3)9-6-17(23)13-22(30(31)34)21-15-26(32)37-24-11-10-20-28(33)25(38-29(20)27(21)24)12-16-4-7-18(35-2)8-5-16/h4-14,21H,15H2,1-3H3. The van der Waals surface area contributed by atoms with Gasteiger partial charge in [0, 0.05) is 30.2 Å². The van der Waals surface area contributed by atoms with Crippen molar-refractivity contribution in [2.75, 3.05) is 14.2 Å². The van der Waals surface area contributed by atoms with Gasteiger partial charge in [0.15, 0.2) is 5.76 Å². The number of fused-ring (bicyclic) bond motifs is 4. The minimum atomic E-state index is -0.653. The van der Waals surface area contributed by atoms with Crippen LogP contribution in [-0.4, -0.2) is 30.5 Å². The zero-order chi connectivity index (χ0) is 26.6. The minimum absolute atomic E-state index is 0.0601. The summed E-state index contributed by atoms with van der Waals surface area (Å²) in [5.74, 6) is 0.663. The summed E-state index contributed by atoms with van der Waals surface area (Å²) in [5, 5.41) is 0.813. The third kappa shape index (κ3) is 3.73. The van der Waals surface area contributed by atoms with E-state index in [1.807, 2.05) is 24.3 Å². The number of pyridine rings is 1. The van der Waals surface area contributed by atoms with Gasteiger partial charge in [0.25, 0.3) is 5.56 Å². The van der Waals surface area contributed by atoms with Crippen molar-refractivity contribution in [3.05, 3.63) is 99.0 Å². The van der Waals surface area contributed by atoms with Crippen molar-refractivity contribution >= 4 is 28.7 Å². The molecule has 0 amide bonds. The van der Waals surface area contributed by atoms with Crippen molar-refractivity contribution in [3.63, 3.8) is 0 Å². The number of allylic oxidation sites excluding steroid dienone is 1. The maximum absolute atomic E-state index is 13.6. The molecule has 1 atom stereocenters. The van der Waals surface area contributed by atoms with Crippen molar-refractivity contribution in [2.45, 2.75) is 12.3 Å². The number of carbonyl (C=O) groups excluding carboxylic acids is 2. The average molecular weight is 510 g/mol.